The summed E-state index contributed by atoms with van der Waals surface area (Å²) in [5, 5.41) is 6.88. The van der Waals surface area contributed by atoms with E-state index in [2.05, 4.69) is 15.5 Å². The molecule has 1 aromatic heterocycles. The van der Waals surface area contributed by atoms with Crippen LogP contribution in [0.15, 0.2) is 77.3 Å². The normalized spacial score (nSPS) is 12.2. The van der Waals surface area contributed by atoms with Crippen LogP contribution in [0.5, 0.6) is 17.2 Å². The molecular weight excluding hydrogens is 410 g/mol. The van der Waals surface area contributed by atoms with Crippen molar-refractivity contribution in [3.8, 4) is 28.7 Å². The van der Waals surface area contributed by atoms with Gasteiger partial charge in [-0.1, -0.05) is 35.5 Å². The second kappa shape index (κ2) is 8.81. The van der Waals surface area contributed by atoms with Crippen molar-refractivity contribution in [2.45, 2.75) is 6.61 Å². The molecule has 0 bridgehead atoms. The zero-order valence-corrected chi connectivity index (χ0v) is 17.0. The van der Waals surface area contributed by atoms with Crippen LogP contribution in [0.3, 0.4) is 0 Å². The summed E-state index contributed by atoms with van der Waals surface area (Å²) in [5.41, 5.74) is 1.61. The number of amides is 1. The molecule has 0 saturated heterocycles. The molecule has 1 aliphatic rings. The van der Waals surface area contributed by atoms with Crippen molar-refractivity contribution < 1.29 is 23.5 Å². The lowest BCUT2D eigenvalue weighted by molar-refractivity contribution is 0.102. The lowest BCUT2D eigenvalue weighted by atomic mass is 10.1. The Kier molecular flexibility index (Phi) is 5.40. The van der Waals surface area contributed by atoms with E-state index in [4.69, 9.17) is 18.7 Å². The summed E-state index contributed by atoms with van der Waals surface area (Å²) in [7, 11) is 0. The van der Waals surface area contributed by atoms with Crippen LogP contribution in [-0.2, 0) is 6.61 Å². The first-order valence-electron chi connectivity index (χ1n) is 10.1. The molecule has 0 atom stereocenters. The Bertz CT molecular complexity index is 1240. The smallest absolute Gasteiger partial charge is 0.260 e. The van der Waals surface area contributed by atoms with E-state index in [1.165, 1.54) is 0 Å². The number of aromatic nitrogens is 2. The van der Waals surface area contributed by atoms with Gasteiger partial charge in [-0.2, -0.15) is 4.98 Å². The van der Waals surface area contributed by atoms with Crippen molar-refractivity contribution in [3.63, 3.8) is 0 Å². The summed E-state index contributed by atoms with van der Waals surface area (Å²) in [4.78, 5) is 17.3. The highest BCUT2D eigenvalue weighted by molar-refractivity contribution is 6.06. The first kappa shape index (κ1) is 19.6. The first-order chi connectivity index (χ1) is 15.8. The van der Waals surface area contributed by atoms with Crippen molar-refractivity contribution >= 4 is 11.6 Å². The maximum atomic E-state index is 12.9. The molecule has 0 spiro atoms. The number of ether oxygens (including phenoxy) is 3. The molecule has 5 rings (SSSR count). The molecule has 1 N–H and O–H groups in total. The number of hydrogen-bond donors (Lipinski definition) is 1. The van der Waals surface area contributed by atoms with E-state index in [9.17, 15) is 4.79 Å². The number of carbonyl (C=O) groups is 1. The molecule has 0 fully saturated rings. The third-order valence-electron chi connectivity index (χ3n) is 4.79. The van der Waals surface area contributed by atoms with Crippen molar-refractivity contribution in [1.82, 2.24) is 10.1 Å². The lowest BCUT2D eigenvalue weighted by Gasteiger charge is -2.18. The summed E-state index contributed by atoms with van der Waals surface area (Å²) >= 11 is 0. The van der Waals surface area contributed by atoms with Gasteiger partial charge in [-0.3, -0.25) is 4.79 Å². The van der Waals surface area contributed by atoms with Crippen LogP contribution < -0.4 is 19.5 Å². The fourth-order valence-electron chi connectivity index (χ4n) is 3.24. The number of para-hydroxylation sites is 2. The third-order valence-corrected chi connectivity index (χ3v) is 4.79. The molecule has 0 unspecified atom stereocenters. The van der Waals surface area contributed by atoms with E-state index in [1.54, 1.807) is 30.3 Å². The predicted octanol–water partition coefficient (Wildman–Crippen LogP) is 4.34. The zero-order valence-electron chi connectivity index (χ0n) is 17.0. The van der Waals surface area contributed by atoms with Crippen molar-refractivity contribution in [2.24, 2.45) is 0 Å². The standard InChI is InChI=1S/C24H19N3O5/c28-23(16-10-11-20-21(14-16)30-13-12-29-20)25-19-9-5-4-8-18(19)24-26-22(27-32-24)15-31-17-6-2-1-3-7-17/h1-11,14H,12-13,15H2,(H,25,28). The van der Waals surface area contributed by atoms with Crippen molar-refractivity contribution in [1.29, 1.82) is 0 Å². The molecule has 1 aliphatic heterocycles. The number of hydrogen-bond acceptors (Lipinski definition) is 7. The maximum Gasteiger partial charge on any atom is 0.260 e. The van der Waals surface area contributed by atoms with E-state index in [0.29, 0.717) is 53.1 Å². The molecule has 4 aromatic rings. The Balaban J connectivity index is 1.32. The number of rotatable bonds is 6. The Morgan fingerprint density at radius 3 is 2.59 bits per heavy atom. The van der Waals surface area contributed by atoms with Gasteiger partial charge < -0.3 is 24.1 Å². The van der Waals surface area contributed by atoms with Gasteiger partial charge in [0.05, 0.1) is 11.3 Å². The average Bonchev–Trinajstić information content (AvgIpc) is 3.32. The molecule has 0 radical (unpaired) electrons. The van der Waals surface area contributed by atoms with Crippen molar-refractivity contribution in [2.75, 3.05) is 18.5 Å². The van der Waals surface area contributed by atoms with Crippen molar-refractivity contribution in [3.05, 3.63) is 84.2 Å². The quantitative estimate of drug-likeness (QED) is 0.487. The molecule has 8 nitrogen and oxygen atoms in total. The second-order valence-electron chi connectivity index (χ2n) is 6.98. The second-order valence-corrected chi connectivity index (χ2v) is 6.98. The summed E-state index contributed by atoms with van der Waals surface area (Å²) in [6.07, 6.45) is 0. The largest absolute Gasteiger partial charge is 0.486 e. The minimum Gasteiger partial charge on any atom is -0.486 e. The number of nitrogens with one attached hydrogen (secondary N) is 1. The highest BCUT2D eigenvalue weighted by Gasteiger charge is 2.18. The fraction of sp³-hybridized carbons (Fsp3) is 0.125. The van der Waals surface area contributed by atoms with Crippen LogP contribution >= 0.6 is 0 Å². The van der Waals surface area contributed by atoms with Gasteiger partial charge >= 0.3 is 0 Å². The topological polar surface area (TPSA) is 95.7 Å². The maximum absolute atomic E-state index is 12.9. The van der Waals surface area contributed by atoms with Gasteiger partial charge in [-0.25, -0.2) is 0 Å². The third kappa shape index (κ3) is 4.24. The van der Waals surface area contributed by atoms with Crippen LogP contribution in [0, 0.1) is 0 Å². The molecule has 8 heteroatoms. The van der Waals surface area contributed by atoms with Crippen LogP contribution in [0.1, 0.15) is 16.2 Å². The number of benzene rings is 3. The number of carbonyl (C=O) groups excluding carboxylic acids is 1. The average molecular weight is 429 g/mol. The molecule has 160 valence electrons. The predicted molar refractivity (Wildman–Crippen MR) is 116 cm³/mol. The van der Waals surface area contributed by atoms with E-state index >= 15 is 0 Å². The number of anilines is 1. The van der Waals surface area contributed by atoms with E-state index in [-0.39, 0.29) is 18.4 Å². The Labute approximate surface area is 183 Å². The Morgan fingerprint density at radius 1 is 0.938 bits per heavy atom. The summed E-state index contributed by atoms with van der Waals surface area (Å²) in [6, 6.07) is 21.7. The number of nitrogens with zero attached hydrogens (tertiary/aromatic N) is 2. The van der Waals surface area contributed by atoms with Crippen LogP contribution in [0.25, 0.3) is 11.5 Å². The molecular formula is C24H19N3O5. The minimum atomic E-state index is -0.290. The van der Waals surface area contributed by atoms with Crippen LogP contribution in [0.2, 0.25) is 0 Å². The van der Waals surface area contributed by atoms with Gasteiger partial charge in [-0.15, -0.1) is 0 Å². The van der Waals surface area contributed by atoms with Crippen LogP contribution in [-0.4, -0.2) is 29.3 Å². The summed E-state index contributed by atoms with van der Waals surface area (Å²) in [5.74, 6) is 2.29. The minimum absolute atomic E-state index is 0.166. The Hall–Kier alpha value is -4.33. The van der Waals surface area contributed by atoms with Gasteiger partial charge in [0.2, 0.25) is 5.82 Å². The summed E-state index contributed by atoms with van der Waals surface area (Å²) in [6.45, 7) is 1.11. The molecule has 0 aliphatic carbocycles. The van der Waals surface area contributed by atoms with Gasteiger partial charge in [0.15, 0.2) is 18.1 Å². The van der Waals surface area contributed by atoms with Gasteiger partial charge in [0.1, 0.15) is 19.0 Å². The zero-order chi connectivity index (χ0) is 21.8. The van der Waals surface area contributed by atoms with Gasteiger partial charge in [0, 0.05) is 5.56 Å². The highest BCUT2D eigenvalue weighted by atomic mass is 16.6. The van der Waals surface area contributed by atoms with E-state index in [0.717, 1.165) is 0 Å². The SMILES string of the molecule is O=C(Nc1ccccc1-c1nc(COc2ccccc2)no1)c1ccc2c(c1)OCCO2. The van der Waals surface area contributed by atoms with Gasteiger partial charge in [-0.05, 0) is 42.5 Å². The van der Waals surface area contributed by atoms with E-state index < -0.39 is 0 Å². The number of fused-ring (bicyclic) bond motifs is 1. The fourth-order valence-corrected chi connectivity index (χ4v) is 3.24. The summed E-state index contributed by atoms with van der Waals surface area (Å²) < 4.78 is 22.1. The monoisotopic (exact) mass is 429 g/mol. The molecule has 2 heterocycles. The lowest BCUT2D eigenvalue weighted by Crippen LogP contribution is -2.17. The molecule has 0 saturated carbocycles. The first-order valence-corrected chi connectivity index (χ1v) is 10.1. The van der Waals surface area contributed by atoms with E-state index in [1.807, 2.05) is 42.5 Å². The molecule has 1 amide bonds. The van der Waals surface area contributed by atoms with Crippen LogP contribution in [0.4, 0.5) is 5.69 Å². The van der Waals surface area contributed by atoms with Gasteiger partial charge in [0.25, 0.3) is 11.8 Å². The Morgan fingerprint density at radius 2 is 1.72 bits per heavy atom. The molecule has 32 heavy (non-hydrogen) atoms. The molecule has 3 aromatic carbocycles. The highest BCUT2D eigenvalue weighted by Crippen LogP contribution is 2.32.